The second kappa shape index (κ2) is 37.8. The Morgan fingerprint density at radius 3 is 1.08 bits per heavy atom. The summed E-state index contributed by atoms with van der Waals surface area (Å²) in [4.78, 5) is 77.9. The van der Waals surface area contributed by atoms with Crippen molar-refractivity contribution in [1.29, 1.82) is 0 Å². The number of hydrogen-bond donors (Lipinski definition) is 2. The number of rotatable bonds is 19. The summed E-state index contributed by atoms with van der Waals surface area (Å²) in [5.74, 6) is -8.70. The third kappa shape index (κ3) is 23.7. The molecule has 3 N–H and O–H groups in total. The zero-order valence-corrected chi connectivity index (χ0v) is 64.7. The Balaban J connectivity index is 0.000000223. The number of alkyl halides is 17. The number of nitrogen functional groups attached to an aromatic ring is 1. The van der Waals surface area contributed by atoms with Crippen LogP contribution in [0, 0.1) is 52.7 Å². The maximum Gasteiger partial charge on any atom is 0.435 e. The zero-order chi connectivity index (χ0) is 87.0. The number of nitrogens with zero attached hydrogens (tertiary/aromatic N) is 3. The van der Waals surface area contributed by atoms with Gasteiger partial charge in [-0.25, -0.2) is 44.1 Å². The van der Waals surface area contributed by atoms with Crippen molar-refractivity contribution in [2.75, 3.05) is 40.1 Å². The van der Waals surface area contributed by atoms with Crippen molar-refractivity contribution in [2.24, 2.45) is 17.8 Å². The number of carbonyl (C=O) groups is 6. The van der Waals surface area contributed by atoms with Crippen LogP contribution < -0.4 is 20.4 Å². The van der Waals surface area contributed by atoms with E-state index in [1.54, 1.807) is 0 Å². The van der Waals surface area contributed by atoms with Crippen LogP contribution in [-0.2, 0) is 39.3 Å². The summed E-state index contributed by atoms with van der Waals surface area (Å²) in [5.41, 5.74) is -16.0. The lowest BCUT2D eigenvalue weighted by Gasteiger charge is -2.31. The first-order valence-corrected chi connectivity index (χ1v) is 37.8. The average Bonchev–Trinajstić information content (AvgIpc) is 1.19. The lowest BCUT2D eigenvalue weighted by atomic mass is 9.89. The summed E-state index contributed by atoms with van der Waals surface area (Å²) in [6.45, 7) is 0.758. The average molecular weight is 1870 g/mol. The number of halogens is 28. The van der Waals surface area contributed by atoms with Crippen molar-refractivity contribution < 1.29 is 139 Å². The summed E-state index contributed by atoms with van der Waals surface area (Å²) in [6.07, 6.45) is -25.7. The molecule has 3 saturated carbocycles. The standard InChI is InChI=1S/C29H18BrF12NO2.C18H14ClF2NO2.C18H15F2NO3.C10H7BrF7N.Cl2OS/c30-21-11-16(26(33,28(37,38)39)29(40,41)42)10-20(27(34,35)36)19(21)12-23(44)18-2-1-3-22(24(18)32)43(13-14-4-5-14)25(45)15-6-8-17(31)9-7-15;19-17(23)14-2-1-3-15(16(14)21)22(10-11-4-5-11)18(24)12-6-8-13(20)9-7-12;19-13-8-6-12(7-9-13)17(22)21(10-11-4-5-11)15-3-1-2-14(16(15)20)18(23)24;1-8(12,10(16,17)18)4-2-5(9(13,14)15)7(19)6(11)3-4;1-4(2)3/h1-3,6-11,14H,4-5,12-13H2;1-3,6-9,11H,4-5,10H2;1-3,6-9,11H,4-5,10H2,(H,23,24);2-3H,19H2,1H3;. The number of nitrogens with two attached hydrogens (primary N) is 1. The maximum atomic E-state index is 15.8. The van der Waals surface area contributed by atoms with Crippen molar-refractivity contribution in [3.05, 3.63) is 257 Å². The Morgan fingerprint density at radius 1 is 0.457 bits per heavy atom. The largest absolute Gasteiger partial charge is 0.478 e. The van der Waals surface area contributed by atoms with Gasteiger partial charge in [-0.2, -0.15) is 65.9 Å². The molecule has 8 aromatic carbocycles. The fourth-order valence-corrected chi connectivity index (χ4v) is 12.0. The van der Waals surface area contributed by atoms with Gasteiger partial charge in [-0.05, 0) is 235 Å². The summed E-state index contributed by atoms with van der Waals surface area (Å²) in [6, 6.07) is 25.2. The molecule has 3 fully saturated rings. The van der Waals surface area contributed by atoms with E-state index < -0.39 is 193 Å². The van der Waals surface area contributed by atoms with Crippen molar-refractivity contribution in [1.82, 2.24) is 0 Å². The molecule has 0 saturated heterocycles. The number of benzene rings is 8. The fraction of sp³-hybridized carbons (Fsp3) is 0.280. The highest BCUT2D eigenvalue weighted by Crippen LogP contribution is 2.55. The number of carbonyl (C=O) groups excluding carboxylic acids is 5. The first-order chi connectivity index (χ1) is 53.6. The van der Waals surface area contributed by atoms with Gasteiger partial charge < -0.3 is 25.5 Å². The summed E-state index contributed by atoms with van der Waals surface area (Å²) in [7, 11) is 7.36. The van der Waals surface area contributed by atoms with E-state index in [0.29, 0.717) is 37.9 Å². The van der Waals surface area contributed by atoms with Gasteiger partial charge in [0, 0.05) is 78.6 Å². The van der Waals surface area contributed by atoms with E-state index in [1.165, 1.54) is 76.5 Å². The third-order valence-corrected chi connectivity index (χ3v) is 19.1. The molecule has 12 nitrogen and oxygen atoms in total. The van der Waals surface area contributed by atoms with Gasteiger partial charge >= 0.3 is 42.5 Å². The SMILES string of the molecule is CC(F)(c1cc(Br)c(N)c(C(F)(F)F)c1)C(F)(F)F.O=C(Cc1c(Br)cc(C(F)(C(F)(F)F)C(F)(F)F)cc1C(F)(F)F)c1cccc(N(CC2CC2)C(=O)c2ccc(F)cc2)c1F.O=C(Cl)c1cccc(N(CC2CC2)C(=O)c2ccc(F)cc2)c1F.O=C(O)c1cccc(N(CC2CC2)C(=O)c2ccc(F)cc2)c1F.O=S(Cl)Cl. The Bertz CT molecular complexity index is 4820. The second-order valence-corrected chi connectivity index (χ2v) is 30.5. The molecule has 8 aromatic rings. The Labute approximate surface area is 675 Å². The maximum absolute atomic E-state index is 15.8. The number of ketones is 1. The number of Topliss-reactive ketones (excluding diaryl/α,β-unsaturated/α-hetero) is 1. The highest BCUT2D eigenvalue weighted by Gasteiger charge is 2.74. The Hall–Kier alpha value is -8.85. The van der Waals surface area contributed by atoms with Crippen LogP contribution in [0.3, 0.4) is 0 Å². The van der Waals surface area contributed by atoms with Gasteiger partial charge in [0.25, 0.3) is 23.0 Å². The van der Waals surface area contributed by atoms with Gasteiger partial charge in [0.05, 0.1) is 50.6 Å². The van der Waals surface area contributed by atoms with Crippen LogP contribution in [0.4, 0.5) is 124 Å². The molecule has 3 amide bonds. The monoisotopic (exact) mass is 1870 g/mol. The zero-order valence-electron chi connectivity index (χ0n) is 58.5. The highest BCUT2D eigenvalue weighted by atomic mass is 79.9. The molecule has 1 atom stereocenters. The molecule has 1 unspecified atom stereocenters. The lowest BCUT2D eigenvalue weighted by Crippen LogP contribution is -2.50. The molecule has 0 bridgehead atoms. The molecular weight excluding hydrogens is 1820 g/mol. The molecule has 0 aliphatic heterocycles. The quantitative estimate of drug-likeness (QED) is 0.0345. The minimum atomic E-state index is -6.72. The number of carboxylic acid groups (broad SMARTS) is 1. The molecule has 624 valence electrons. The van der Waals surface area contributed by atoms with Crippen molar-refractivity contribution in [3.8, 4) is 0 Å². The summed E-state index contributed by atoms with van der Waals surface area (Å²) >= 11 is 10.4. The van der Waals surface area contributed by atoms with Crippen LogP contribution in [0.25, 0.3) is 0 Å². The summed E-state index contributed by atoms with van der Waals surface area (Å²) in [5, 5.41) is 8.15. The van der Waals surface area contributed by atoms with E-state index in [-0.39, 0.29) is 71.1 Å². The van der Waals surface area contributed by atoms with Crippen molar-refractivity contribution >= 4 is 132 Å². The van der Waals surface area contributed by atoms with Gasteiger partial charge in [-0.1, -0.05) is 34.1 Å². The van der Waals surface area contributed by atoms with E-state index >= 15 is 4.39 Å². The van der Waals surface area contributed by atoms with E-state index in [4.69, 9.17) is 26.7 Å². The minimum absolute atomic E-state index is 0.00252. The molecule has 3 aliphatic carbocycles. The molecule has 0 spiro atoms. The molecule has 41 heteroatoms. The predicted octanol–water partition coefficient (Wildman–Crippen LogP) is 23.5. The van der Waals surface area contributed by atoms with Gasteiger partial charge in [0.15, 0.2) is 23.2 Å². The van der Waals surface area contributed by atoms with Gasteiger partial charge in [-0.3, -0.25) is 24.0 Å². The number of aromatic carboxylic acids is 1. The van der Waals surface area contributed by atoms with Gasteiger partial charge in [0.2, 0.25) is 14.9 Å². The van der Waals surface area contributed by atoms with Crippen LogP contribution in [0.1, 0.15) is 135 Å². The van der Waals surface area contributed by atoms with Crippen LogP contribution in [0.2, 0.25) is 0 Å². The van der Waals surface area contributed by atoms with Crippen molar-refractivity contribution in [3.63, 3.8) is 0 Å². The van der Waals surface area contributed by atoms with Gasteiger partial charge in [-0.15, -0.1) is 0 Å². The van der Waals surface area contributed by atoms with E-state index in [1.807, 2.05) is 0 Å². The molecule has 116 heavy (non-hydrogen) atoms. The topological polar surface area (TPSA) is 175 Å². The third-order valence-electron chi connectivity index (χ3n) is 17.5. The number of carboxylic acids is 1. The van der Waals surface area contributed by atoms with Crippen LogP contribution >= 0.6 is 64.8 Å². The first kappa shape index (κ1) is 94.3. The second-order valence-electron chi connectivity index (χ2n) is 25.9. The first-order valence-electron chi connectivity index (χ1n) is 33.1. The van der Waals surface area contributed by atoms with Gasteiger partial charge in [0.1, 0.15) is 17.5 Å². The molecule has 0 aromatic heterocycles. The molecule has 3 aliphatic rings. The van der Waals surface area contributed by atoms with E-state index in [9.17, 15) is 125 Å². The number of hydrogen-bond acceptors (Lipinski definition) is 8. The molecule has 11 rings (SSSR count). The molecular formula is C75H54Br2Cl3F23N4O8S. The van der Waals surface area contributed by atoms with Crippen LogP contribution in [0.15, 0.2) is 161 Å². The fourth-order valence-electron chi connectivity index (χ4n) is 10.8. The van der Waals surface area contributed by atoms with E-state index in [2.05, 4.69) is 53.2 Å². The van der Waals surface area contributed by atoms with Crippen molar-refractivity contribution in [2.45, 2.75) is 94.1 Å². The predicted molar refractivity (Wildman–Crippen MR) is 389 cm³/mol. The smallest absolute Gasteiger partial charge is 0.435 e. The lowest BCUT2D eigenvalue weighted by molar-refractivity contribution is -0.348. The number of anilines is 4. The number of amides is 3. The Kier molecular flexibility index (Phi) is 30.7. The Morgan fingerprint density at radius 2 is 0.767 bits per heavy atom. The van der Waals surface area contributed by atoms with Crippen LogP contribution in [0.5, 0.6) is 0 Å². The normalized spacial score (nSPS) is 14.2. The molecule has 0 heterocycles. The molecule has 0 radical (unpaired) electrons. The minimum Gasteiger partial charge on any atom is -0.478 e. The summed E-state index contributed by atoms with van der Waals surface area (Å²) < 4.78 is 317. The van der Waals surface area contributed by atoms with Crippen LogP contribution in [-0.4, -0.2) is 82.2 Å². The van der Waals surface area contributed by atoms with E-state index in [0.717, 1.165) is 91.2 Å². The highest BCUT2D eigenvalue weighted by molar-refractivity contribution is 9.11.